The van der Waals surface area contributed by atoms with Crippen LogP contribution in [-0.4, -0.2) is 9.78 Å². The summed E-state index contributed by atoms with van der Waals surface area (Å²) in [7, 11) is 0. The Hall–Kier alpha value is -1.98. The molecule has 140 valence electrons. The molecule has 26 heavy (non-hydrogen) atoms. The minimum atomic E-state index is -4.50. The Labute approximate surface area is 150 Å². The van der Waals surface area contributed by atoms with Crippen molar-refractivity contribution in [2.24, 2.45) is 11.8 Å². The molecule has 2 fully saturated rings. The fraction of sp³-hybridized carbons (Fsp3) is 0.550. The SMILES string of the molecule is O=c1c(CCC2CC2)c(CCC2CC2)[nH]n1-c1ccccc1C(F)(F)F. The van der Waals surface area contributed by atoms with Crippen molar-refractivity contribution in [3.8, 4) is 5.69 Å². The summed E-state index contributed by atoms with van der Waals surface area (Å²) in [6.07, 6.45) is 3.69. The largest absolute Gasteiger partial charge is 0.418 e. The van der Waals surface area contributed by atoms with Crippen LogP contribution in [0.5, 0.6) is 0 Å². The number of hydrogen-bond donors (Lipinski definition) is 1. The lowest BCUT2D eigenvalue weighted by molar-refractivity contribution is -0.137. The van der Waals surface area contributed by atoms with E-state index in [0.29, 0.717) is 23.8 Å². The number of para-hydroxylation sites is 1. The van der Waals surface area contributed by atoms with Crippen LogP contribution in [0.3, 0.4) is 0 Å². The molecule has 0 amide bonds. The number of hydrogen-bond acceptors (Lipinski definition) is 1. The highest BCUT2D eigenvalue weighted by Gasteiger charge is 2.35. The molecule has 2 saturated carbocycles. The molecule has 0 bridgehead atoms. The topological polar surface area (TPSA) is 37.8 Å². The van der Waals surface area contributed by atoms with Gasteiger partial charge in [0, 0.05) is 11.3 Å². The molecule has 4 rings (SSSR count). The molecule has 1 aromatic heterocycles. The third-order valence-electron chi connectivity index (χ3n) is 5.52. The first-order valence-electron chi connectivity index (χ1n) is 9.43. The van der Waals surface area contributed by atoms with Gasteiger partial charge in [-0.05, 0) is 49.7 Å². The van der Waals surface area contributed by atoms with Crippen LogP contribution in [0.4, 0.5) is 13.2 Å². The van der Waals surface area contributed by atoms with Crippen LogP contribution < -0.4 is 5.56 Å². The first kappa shape index (κ1) is 17.4. The molecule has 0 spiro atoms. The smallest absolute Gasteiger partial charge is 0.295 e. The fourth-order valence-corrected chi connectivity index (χ4v) is 3.57. The maximum atomic E-state index is 13.4. The van der Waals surface area contributed by atoms with E-state index < -0.39 is 11.7 Å². The van der Waals surface area contributed by atoms with Crippen LogP contribution in [0.2, 0.25) is 0 Å². The maximum absolute atomic E-state index is 13.4. The van der Waals surface area contributed by atoms with Crippen LogP contribution >= 0.6 is 0 Å². The van der Waals surface area contributed by atoms with Crippen molar-refractivity contribution in [2.75, 3.05) is 0 Å². The zero-order valence-electron chi connectivity index (χ0n) is 14.6. The number of aromatic amines is 1. The van der Waals surface area contributed by atoms with Gasteiger partial charge in [-0.25, -0.2) is 4.68 Å². The van der Waals surface area contributed by atoms with Crippen LogP contribution in [-0.2, 0) is 19.0 Å². The number of alkyl halides is 3. The predicted octanol–water partition coefficient (Wildman–Crippen LogP) is 4.87. The molecule has 1 heterocycles. The lowest BCUT2D eigenvalue weighted by Gasteiger charge is -2.12. The monoisotopic (exact) mass is 364 g/mol. The second kappa shape index (κ2) is 6.63. The van der Waals surface area contributed by atoms with Gasteiger partial charge < -0.3 is 0 Å². The summed E-state index contributed by atoms with van der Waals surface area (Å²) < 4.78 is 41.2. The van der Waals surface area contributed by atoms with Crippen molar-refractivity contribution in [3.63, 3.8) is 0 Å². The van der Waals surface area contributed by atoms with Gasteiger partial charge in [0.2, 0.25) is 0 Å². The second-order valence-corrected chi connectivity index (χ2v) is 7.69. The molecule has 1 aromatic carbocycles. The number of halogens is 3. The van der Waals surface area contributed by atoms with Gasteiger partial charge in [-0.15, -0.1) is 0 Å². The predicted molar refractivity (Wildman–Crippen MR) is 93.5 cm³/mol. The normalized spacial score (nSPS) is 17.7. The molecule has 2 aliphatic carbocycles. The van der Waals surface area contributed by atoms with Crippen molar-refractivity contribution in [2.45, 2.75) is 57.5 Å². The molecule has 0 aliphatic heterocycles. The lowest BCUT2D eigenvalue weighted by atomic mass is 10.0. The summed E-state index contributed by atoms with van der Waals surface area (Å²) in [6, 6.07) is 5.26. The molecular weight excluding hydrogens is 341 g/mol. The van der Waals surface area contributed by atoms with Gasteiger partial charge in [0.25, 0.3) is 5.56 Å². The number of benzene rings is 1. The molecule has 2 aromatic rings. The van der Waals surface area contributed by atoms with Crippen molar-refractivity contribution >= 4 is 0 Å². The lowest BCUT2D eigenvalue weighted by Crippen LogP contribution is -2.21. The van der Waals surface area contributed by atoms with E-state index in [2.05, 4.69) is 5.10 Å². The molecule has 3 nitrogen and oxygen atoms in total. The highest BCUT2D eigenvalue weighted by molar-refractivity contribution is 5.43. The van der Waals surface area contributed by atoms with Crippen molar-refractivity contribution in [3.05, 3.63) is 51.4 Å². The Morgan fingerprint density at radius 3 is 2.23 bits per heavy atom. The van der Waals surface area contributed by atoms with Crippen LogP contribution in [0.15, 0.2) is 29.1 Å². The van der Waals surface area contributed by atoms with E-state index in [1.165, 1.54) is 43.9 Å². The molecular formula is C20H23F3N2O. The number of H-pyrrole nitrogens is 1. The van der Waals surface area contributed by atoms with E-state index in [-0.39, 0.29) is 11.2 Å². The van der Waals surface area contributed by atoms with Crippen molar-refractivity contribution < 1.29 is 13.2 Å². The Bertz CT molecular complexity index is 841. The summed E-state index contributed by atoms with van der Waals surface area (Å²) in [4.78, 5) is 12.9. The van der Waals surface area contributed by atoms with Gasteiger partial charge in [0.15, 0.2) is 0 Å². The standard InChI is InChI=1S/C20H23F3N2O/c21-20(22,23)16-3-1-2-4-18(16)25-19(26)15(11-9-13-5-6-13)17(24-25)12-10-14-7-8-14/h1-4,13-14,24H,5-12H2. The van der Waals surface area contributed by atoms with E-state index >= 15 is 0 Å². The van der Waals surface area contributed by atoms with E-state index in [1.54, 1.807) is 0 Å². The Morgan fingerprint density at radius 1 is 1.00 bits per heavy atom. The third kappa shape index (κ3) is 3.74. The second-order valence-electron chi connectivity index (χ2n) is 7.69. The van der Waals surface area contributed by atoms with E-state index in [0.717, 1.165) is 35.7 Å². The molecule has 1 N–H and O–H groups in total. The first-order chi connectivity index (χ1) is 12.4. The molecule has 0 radical (unpaired) electrons. The van der Waals surface area contributed by atoms with E-state index in [4.69, 9.17) is 0 Å². The summed E-state index contributed by atoms with van der Waals surface area (Å²) in [5.41, 5.74) is 0.267. The fourth-order valence-electron chi connectivity index (χ4n) is 3.57. The highest BCUT2D eigenvalue weighted by atomic mass is 19.4. The van der Waals surface area contributed by atoms with Gasteiger partial charge in [0.1, 0.15) is 0 Å². The molecule has 2 aliphatic rings. The number of rotatable bonds is 7. The van der Waals surface area contributed by atoms with Gasteiger partial charge in [-0.3, -0.25) is 9.89 Å². The number of nitrogens with zero attached hydrogens (tertiary/aromatic N) is 1. The number of aromatic nitrogens is 2. The summed E-state index contributed by atoms with van der Waals surface area (Å²) in [5, 5.41) is 3.01. The van der Waals surface area contributed by atoms with Gasteiger partial charge >= 0.3 is 6.18 Å². The number of aryl methyl sites for hydroxylation is 1. The van der Waals surface area contributed by atoms with Crippen molar-refractivity contribution in [1.29, 1.82) is 0 Å². The van der Waals surface area contributed by atoms with Crippen LogP contribution in [0.1, 0.15) is 55.3 Å². The highest BCUT2D eigenvalue weighted by Crippen LogP contribution is 2.36. The van der Waals surface area contributed by atoms with Gasteiger partial charge in [0.05, 0.1) is 11.3 Å². The molecule has 0 saturated heterocycles. The molecule has 0 unspecified atom stereocenters. The Kier molecular flexibility index (Phi) is 4.45. The minimum Gasteiger partial charge on any atom is -0.295 e. The van der Waals surface area contributed by atoms with Gasteiger partial charge in [-0.1, -0.05) is 37.8 Å². The first-order valence-corrected chi connectivity index (χ1v) is 9.43. The molecule has 6 heteroatoms. The average Bonchev–Trinajstić information content (AvgIpc) is 3.51. The van der Waals surface area contributed by atoms with Gasteiger partial charge in [-0.2, -0.15) is 13.2 Å². The summed E-state index contributed by atoms with van der Waals surface area (Å²) >= 11 is 0. The average molecular weight is 364 g/mol. The third-order valence-corrected chi connectivity index (χ3v) is 5.52. The van der Waals surface area contributed by atoms with Crippen LogP contribution in [0, 0.1) is 11.8 Å². The summed E-state index contributed by atoms with van der Waals surface area (Å²) in [5.74, 6) is 1.39. The van der Waals surface area contributed by atoms with Crippen LogP contribution in [0.25, 0.3) is 5.69 Å². The Morgan fingerprint density at radius 2 is 1.62 bits per heavy atom. The maximum Gasteiger partial charge on any atom is 0.418 e. The Balaban J connectivity index is 1.71. The quantitative estimate of drug-likeness (QED) is 0.748. The minimum absolute atomic E-state index is 0.115. The zero-order chi connectivity index (χ0) is 18.3. The zero-order valence-corrected chi connectivity index (χ0v) is 14.6. The van der Waals surface area contributed by atoms with Crippen molar-refractivity contribution in [1.82, 2.24) is 9.78 Å². The van der Waals surface area contributed by atoms with E-state index in [9.17, 15) is 18.0 Å². The summed E-state index contributed by atoms with van der Waals surface area (Å²) in [6.45, 7) is 0. The van der Waals surface area contributed by atoms with E-state index in [1.807, 2.05) is 0 Å². The number of nitrogens with one attached hydrogen (secondary N) is 1. The molecule has 0 atom stereocenters.